The Bertz CT molecular complexity index is 284. The molecule has 2 nitrogen and oxygen atoms in total. The van der Waals surface area contributed by atoms with Gasteiger partial charge in [-0.2, -0.15) is 0 Å². The molecule has 1 unspecified atom stereocenters. The Kier molecular flexibility index (Phi) is 5.27. The van der Waals surface area contributed by atoms with Crippen molar-refractivity contribution in [1.82, 2.24) is 0 Å². The summed E-state index contributed by atoms with van der Waals surface area (Å²) < 4.78 is 6.70. The third kappa shape index (κ3) is 3.32. The quantitative estimate of drug-likeness (QED) is 0.809. The van der Waals surface area contributed by atoms with E-state index in [1.165, 1.54) is 64.2 Å². The lowest BCUT2D eigenvalue weighted by Crippen LogP contribution is -2.54. The summed E-state index contributed by atoms with van der Waals surface area (Å²) in [6.45, 7) is 4.44. The second-order valence-corrected chi connectivity index (χ2v) is 8.07. The third-order valence-corrected chi connectivity index (χ3v) is 6.66. The summed E-state index contributed by atoms with van der Waals surface area (Å²) in [5.74, 6) is 2.01. The highest BCUT2D eigenvalue weighted by Crippen LogP contribution is 2.43. The number of rotatable bonds is 2. The number of aliphatic hydroxyl groups excluding tert-OH is 1. The van der Waals surface area contributed by atoms with Crippen LogP contribution in [0.15, 0.2) is 0 Å². The van der Waals surface area contributed by atoms with E-state index >= 15 is 0 Å². The molecule has 21 heavy (non-hydrogen) atoms. The van der Waals surface area contributed by atoms with Crippen LogP contribution in [-0.2, 0) is 4.74 Å². The molecule has 1 saturated heterocycles. The van der Waals surface area contributed by atoms with Gasteiger partial charge < -0.3 is 9.84 Å². The predicted molar refractivity (Wildman–Crippen MR) is 86.1 cm³/mol. The van der Waals surface area contributed by atoms with Crippen molar-refractivity contribution in [2.75, 3.05) is 0 Å². The van der Waals surface area contributed by atoms with Gasteiger partial charge in [-0.05, 0) is 37.5 Å². The molecule has 0 radical (unpaired) electrons. The summed E-state index contributed by atoms with van der Waals surface area (Å²) in [7, 11) is 0. The van der Waals surface area contributed by atoms with Crippen molar-refractivity contribution in [2.24, 2.45) is 23.7 Å². The van der Waals surface area contributed by atoms with E-state index in [0.717, 1.165) is 0 Å². The van der Waals surface area contributed by atoms with Gasteiger partial charge in [0.05, 0.1) is 18.3 Å². The Balaban J connectivity index is 1.71. The Labute approximate surface area is 130 Å². The second-order valence-electron chi connectivity index (χ2n) is 8.07. The van der Waals surface area contributed by atoms with E-state index < -0.39 is 0 Å². The van der Waals surface area contributed by atoms with E-state index in [1.807, 2.05) is 0 Å². The van der Waals surface area contributed by atoms with Crippen LogP contribution in [0.1, 0.15) is 78.1 Å². The standard InChI is InChI=1S/C19H34O2/c1-13-17(20)14(2)19(16-11-7-4-8-12-16)21-18(13)15-9-5-3-6-10-15/h13-20H,3-12H2,1-2H3/t13-,14+,17?,18-,19+. The third-order valence-electron chi connectivity index (χ3n) is 6.66. The zero-order valence-electron chi connectivity index (χ0n) is 14.0. The summed E-state index contributed by atoms with van der Waals surface area (Å²) in [6, 6.07) is 0. The fourth-order valence-electron chi connectivity index (χ4n) is 5.30. The molecule has 2 saturated carbocycles. The minimum atomic E-state index is -0.169. The molecule has 1 heterocycles. The maximum atomic E-state index is 10.8. The number of hydrogen-bond donors (Lipinski definition) is 1. The molecule has 0 spiro atoms. The first kappa shape index (κ1) is 15.8. The summed E-state index contributed by atoms with van der Waals surface area (Å²) in [4.78, 5) is 0. The van der Waals surface area contributed by atoms with Crippen LogP contribution in [0.3, 0.4) is 0 Å². The van der Waals surface area contributed by atoms with Gasteiger partial charge in [-0.15, -0.1) is 0 Å². The van der Waals surface area contributed by atoms with Crippen LogP contribution in [0.2, 0.25) is 0 Å². The fourth-order valence-corrected chi connectivity index (χ4v) is 5.30. The lowest BCUT2D eigenvalue weighted by Gasteiger charge is -2.49. The first-order valence-corrected chi connectivity index (χ1v) is 9.52. The van der Waals surface area contributed by atoms with Crippen molar-refractivity contribution in [3.05, 3.63) is 0 Å². The van der Waals surface area contributed by atoms with Crippen molar-refractivity contribution in [1.29, 1.82) is 0 Å². The van der Waals surface area contributed by atoms with Crippen molar-refractivity contribution < 1.29 is 9.84 Å². The van der Waals surface area contributed by atoms with Crippen LogP contribution < -0.4 is 0 Å². The van der Waals surface area contributed by atoms with E-state index in [4.69, 9.17) is 4.74 Å². The van der Waals surface area contributed by atoms with E-state index in [-0.39, 0.29) is 6.10 Å². The highest BCUT2D eigenvalue weighted by Gasteiger charge is 2.46. The zero-order chi connectivity index (χ0) is 14.8. The molecule has 0 aromatic rings. The number of ether oxygens (including phenoxy) is 1. The lowest BCUT2D eigenvalue weighted by atomic mass is 9.70. The van der Waals surface area contributed by atoms with Crippen LogP contribution in [-0.4, -0.2) is 23.4 Å². The van der Waals surface area contributed by atoms with E-state index in [0.29, 0.717) is 35.9 Å². The Morgan fingerprint density at radius 3 is 1.43 bits per heavy atom. The molecule has 2 aliphatic carbocycles. The molecule has 3 aliphatic rings. The molecule has 0 aromatic carbocycles. The molecule has 0 aromatic heterocycles. The van der Waals surface area contributed by atoms with Crippen LogP contribution >= 0.6 is 0 Å². The Morgan fingerprint density at radius 2 is 1.05 bits per heavy atom. The van der Waals surface area contributed by atoms with E-state index in [1.54, 1.807) is 0 Å². The SMILES string of the molecule is C[C@@H]1C(O)[C@H](C)[C@@H](C2CCCCC2)O[C@H]1C1CCCCC1. The van der Waals surface area contributed by atoms with Gasteiger partial charge in [-0.3, -0.25) is 0 Å². The molecule has 2 heteroatoms. The summed E-state index contributed by atoms with van der Waals surface area (Å²) >= 11 is 0. The largest absolute Gasteiger partial charge is 0.392 e. The van der Waals surface area contributed by atoms with Gasteiger partial charge in [0, 0.05) is 11.8 Å². The molecular weight excluding hydrogens is 260 g/mol. The van der Waals surface area contributed by atoms with Crippen molar-refractivity contribution in [3.63, 3.8) is 0 Å². The summed E-state index contributed by atoms with van der Waals surface area (Å²) in [6.07, 6.45) is 13.9. The molecule has 1 N–H and O–H groups in total. The topological polar surface area (TPSA) is 29.5 Å². The van der Waals surface area contributed by atoms with Gasteiger partial charge in [-0.25, -0.2) is 0 Å². The van der Waals surface area contributed by atoms with Crippen molar-refractivity contribution in [3.8, 4) is 0 Å². The van der Waals surface area contributed by atoms with Gasteiger partial charge in [-0.1, -0.05) is 52.4 Å². The number of hydrogen-bond acceptors (Lipinski definition) is 2. The first-order chi connectivity index (χ1) is 10.2. The van der Waals surface area contributed by atoms with Crippen LogP contribution in [0.4, 0.5) is 0 Å². The molecule has 3 fully saturated rings. The molecule has 0 amide bonds. The number of aliphatic hydroxyl groups is 1. The van der Waals surface area contributed by atoms with Gasteiger partial charge in [0.25, 0.3) is 0 Å². The van der Waals surface area contributed by atoms with Crippen molar-refractivity contribution in [2.45, 2.75) is 96.4 Å². The Morgan fingerprint density at radius 1 is 0.667 bits per heavy atom. The molecule has 0 bridgehead atoms. The van der Waals surface area contributed by atoms with E-state index in [9.17, 15) is 5.11 Å². The average molecular weight is 294 g/mol. The minimum Gasteiger partial charge on any atom is -0.392 e. The summed E-state index contributed by atoms with van der Waals surface area (Å²) in [5, 5.41) is 10.8. The maximum Gasteiger partial charge on any atom is 0.0657 e. The van der Waals surface area contributed by atoms with Gasteiger partial charge >= 0.3 is 0 Å². The molecule has 3 rings (SSSR count). The predicted octanol–water partition coefficient (Wildman–Crippen LogP) is 4.55. The van der Waals surface area contributed by atoms with Crippen molar-refractivity contribution >= 4 is 0 Å². The highest BCUT2D eigenvalue weighted by molar-refractivity contribution is 4.94. The van der Waals surface area contributed by atoms with Gasteiger partial charge in [0.2, 0.25) is 0 Å². The highest BCUT2D eigenvalue weighted by atomic mass is 16.5. The normalized spacial score (nSPS) is 43.9. The van der Waals surface area contributed by atoms with E-state index in [2.05, 4.69) is 13.8 Å². The Hall–Kier alpha value is -0.0800. The molecule has 122 valence electrons. The van der Waals surface area contributed by atoms with Crippen LogP contribution in [0, 0.1) is 23.7 Å². The first-order valence-electron chi connectivity index (χ1n) is 9.52. The van der Waals surface area contributed by atoms with Gasteiger partial charge in [0.15, 0.2) is 0 Å². The fraction of sp³-hybridized carbons (Fsp3) is 1.00. The van der Waals surface area contributed by atoms with Crippen LogP contribution in [0.5, 0.6) is 0 Å². The molecule has 1 aliphatic heterocycles. The smallest absolute Gasteiger partial charge is 0.0657 e. The second kappa shape index (κ2) is 7.00. The molecule has 5 atom stereocenters. The lowest BCUT2D eigenvalue weighted by molar-refractivity contribution is -0.202. The zero-order valence-corrected chi connectivity index (χ0v) is 14.0. The monoisotopic (exact) mass is 294 g/mol. The summed E-state index contributed by atoms with van der Waals surface area (Å²) in [5.41, 5.74) is 0. The van der Waals surface area contributed by atoms with Gasteiger partial charge in [0.1, 0.15) is 0 Å². The maximum absolute atomic E-state index is 10.8. The molecular formula is C19H34O2. The minimum absolute atomic E-state index is 0.169. The average Bonchev–Trinajstić information content (AvgIpc) is 2.55. The van der Waals surface area contributed by atoms with Crippen LogP contribution in [0.25, 0.3) is 0 Å².